The van der Waals surface area contributed by atoms with E-state index in [4.69, 9.17) is 5.73 Å². The number of rotatable bonds is 4. The molecule has 0 heterocycles. The van der Waals surface area contributed by atoms with Gasteiger partial charge in [-0.3, -0.25) is 4.90 Å². The number of nitrogens with zero attached hydrogens (tertiary/aromatic N) is 1. The van der Waals surface area contributed by atoms with Crippen molar-refractivity contribution in [2.75, 3.05) is 13.6 Å². The van der Waals surface area contributed by atoms with Gasteiger partial charge in [0.05, 0.1) is 0 Å². The number of hydrogen-bond donors (Lipinski definition) is 1. The fourth-order valence-corrected chi connectivity index (χ4v) is 2.40. The lowest BCUT2D eigenvalue weighted by atomic mass is 10.0. The van der Waals surface area contributed by atoms with Crippen LogP contribution in [-0.2, 0) is 0 Å². The summed E-state index contributed by atoms with van der Waals surface area (Å²) in [6, 6.07) is 7.64. The standard InChI is InChI=1S/C13H19BrN2/c1-9-7-10(3-6-12(9)14)13(8-15)16(2)11-4-5-11/h3,6-7,11,13H,4-5,8,15H2,1-2H3. The first-order valence-electron chi connectivity index (χ1n) is 5.81. The zero-order valence-electron chi connectivity index (χ0n) is 9.91. The van der Waals surface area contributed by atoms with Crippen LogP contribution in [-0.4, -0.2) is 24.5 Å². The summed E-state index contributed by atoms with van der Waals surface area (Å²) in [7, 11) is 2.19. The predicted molar refractivity (Wildman–Crippen MR) is 71.5 cm³/mol. The number of hydrogen-bond acceptors (Lipinski definition) is 2. The molecule has 1 unspecified atom stereocenters. The zero-order valence-corrected chi connectivity index (χ0v) is 11.5. The Bertz CT molecular complexity index is 374. The molecule has 0 spiro atoms. The van der Waals surface area contributed by atoms with Gasteiger partial charge in [0.1, 0.15) is 0 Å². The molecule has 2 N–H and O–H groups in total. The average molecular weight is 283 g/mol. The largest absolute Gasteiger partial charge is 0.329 e. The highest BCUT2D eigenvalue weighted by Gasteiger charge is 2.31. The second-order valence-corrected chi connectivity index (χ2v) is 5.51. The van der Waals surface area contributed by atoms with Gasteiger partial charge in [-0.15, -0.1) is 0 Å². The molecule has 0 amide bonds. The molecule has 1 aromatic rings. The van der Waals surface area contributed by atoms with Crippen molar-refractivity contribution in [3.8, 4) is 0 Å². The van der Waals surface area contributed by atoms with E-state index in [1.165, 1.54) is 28.4 Å². The molecule has 1 aromatic carbocycles. The maximum Gasteiger partial charge on any atom is 0.0470 e. The summed E-state index contributed by atoms with van der Waals surface area (Å²) in [4.78, 5) is 2.42. The summed E-state index contributed by atoms with van der Waals surface area (Å²) in [6.45, 7) is 2.81. The van der Waals surface area contributed by atoms with Crippen LogP contribution < -0.4 is 5.73 Å². The van der Waals surface area contributed by atoms with Crippen LogP contribution in [0.15, 0.2) is 22.7 Å². The fraction of sp³-hybridized carbons (Fsp3) is 0.538. The van der Waals surface area contributed by atoms with Crippen molar-refractivity contribution >= 4 is 15.9 Å². The van der Waals surface area contributed by atoms with Crippen LogP contribution in [0, 0.1) is 6.92 Å². The van der Waals surface area contributed by atoms with Crippen LogP contribution in [0.25, 0.3) is 0 Å². The Labute approximate surface area is 106 Å². The molecule has 1 aliphatic rings. The highest BCUT2D eigenvalue weighted by Crippen LogP contribution is 2.33. The number of nitrogens with two attached hydrogens (primary N) is 1. The first kappa shape index (κ1) is 12.1. The SMILES string of the molecule is Cc1cc(C(CN)N(C)C2CC2)ccc1Br. The first-order valence-corrected chi connectivity index (χ1v) is 6.61. The Morgan fingerprint density at radius 2 is 2.19 bits per heavy atom. The van der Waals surface area contributed by atoms with E-state index in [2.05, 4.69) is 53.0 Å². The Morgan fingerprint density at radius 1 is 1.50 bits per heavy atom. The molecule has 16 heavy (non-hydrogen) atoms. The summed E-state index contributed by atoms with van der Waals surface area (Å²) in [6.07, 6.45) is 2.64. The van der Waals surface area contributed by atoms with Crippen molar-refractivity contribution in [1.82, 2.24) is 4.90 Å². The normalized spacial score (nSPS) is 17.8. The Balaban J connectivity index is 2.21. The predicted octanol–water partition coefficient (Wildman–Crippen LogP) is 2.85. The maximum atomic E-state index is 5.91. The van der Waals surface area contributed by atoms with Gasteiger partial charge in [-0.05, 0) is 44.0 Å². The van der Waals surface area contributed by atoms with E-state index in [0.717, 1.165) is 6.04 Å². The van der Waals surface area contributed by atoms with E-state index in [1.54, 1.807) is 0 Å². The molecule has 1 saturated carbocycles. The second kappa shape index (κ2) is 4.86. The van der Waals surface area contributed by atoms with Crippen molar-refractivity contribution < 1.29 is 0 Å². The van der Waals surface area contributed by atoms with Crippen molar-refractivity contribution in [2.24, 2.45) is 5.73 Å². The van der Waals surface area contributed by atoms with Gasteiger partial charge in [0.15, 0.2) is 0 Å². The van der Waals surface area contributed by atoms with Crippen LogP contribution in [0.2, 0.25) is 0 Å². The van der Waals surface area contributed by atoms with Crippen molar-refractivity contribution in [1.29, 1.82) is 0 Å². The van der Waals surface area contributed by atoms with Gasteiger partial charge in [0.25, 0.3) is 0 Å². The number of aryl methyl sites for hydroxylation is 1. The van der Waals surface area contributed by atoms with Gasteiger partial charge in [0, 0.05) is 23.1 Å². The van der Waals surface area contributed by atoms with Crippen molar-refractivity contribution in [3.05, 3.63) is 33.8 Å². The third-order valence-corrected chi connectivity index (χ3v) is 4.29. The van der Waals surface area contributed by atoms with E-state index in [1.807, 2.05) is 0 Å². The van der Waals surface area contributed by atoms with E-state index in [-0.39, 0.29) is 0 Å². The second-order valence-electron chi connectivity index (χ2n) is 4.66. The molecule has 0 aliphatic heterocycles. The quantitative estimate of drug-likeness (QED) is 0.920. The van der Waals surface area contributed by atoms with Crippen LogP contribution in [0.1, 0.15) is 30.0 Å². The molecule has 0 radical (unpaired) electrons. The van der Waals surface area contributed by atoms with Crippen molar-refractivity contribution in [3.63, 3.8) is 0 Å². The molecule has 0 aromatic heterocycles. The minimum Gasteiger partial charge on any atom is -0.329 e. The van der Waals surface area contributed by atoms with Crippen LogP contribution >= 0.6 is 15.9 Å². The molecule has 1 atom stereocenters. The minimum absolute atomic E-state index is 0.360. The Morgan fingerprint density at radius 3 is 2.69 bits per heavy atom. The highest BCUT2D eigenvalue weighted by molar-refractivity contribution is 9.10. The molecule has 88 valence electrons. The smallest absolute Gasteiger partial charge is 0.0470 e. The van der Waals surface area contributed by atoms with Gasteiger partial charge >= 0.3 is 0 Å². The maximum absolute atomic E-state index is 5.91. The Kier molecular flexibility index (Phi) is 3.67. The van der Waals surface area contributed by atoms with Gasteiger partial charge in [0.2, 0.25) is 0 Å². The molecule has 2 nitrogen and oxygen atoms in total. The first-order chi connectivity index (χ1) is 7.63. The Hall–Kier alpha value is -0.380. The van der Waals surface area contributed by atoms with E-state index in [9.17, 15) is 0 Å². The molecule has 3 heteroatoms. The van der Waals surface area contributed by atoms with Crippen LogP contribution in [0.5, 0.6) is 0 Å². The summed E-state index contributed by atoms with van der Waals surface area (Å²) in [5, 5.41) is 0. The highest BCUT2D eigenvalue weighted by atomic mass is 79.9. The lowest BCUT2D eigenvalue weighted by molar-refractivity contribution is 0.240. The number of benzene rings is 1. The van der Waals surface area contributed by atoms with Crippen LogP contribution in [0.3, 0.4) is 0 Å². The molecule has 0 saturated heterocycles. The van der Waals surface area contributed by atoms with Crippen molar-refractivity contribution in [2.45, 2.75) is 31.8 Å². The molecule has 1 fully saturated rings. The molecular weight excluding hydrogens is 264 g/mol. The third-order valence-electron chi connectivity index (χ3n) is 3.40. The zero-order chi connectivity index (χ0) is 11.7. The summed E-state index contributed by atoms with van der Waals surface area (Å²) >= 11 is 3.53. The lowest BCUT2D eigenvalue weighted by Crippen LogP contribution is -2.32. The minimum atomic E-state index is 0.360. The molecule has 1 aliphatic carbocycles. The molecular formula is C13H19BrN2. The van der Waals surface area contributed by atoms with Gasteiger partial charge in [-0.25, -0.2) is 0 Å². The van der Waals surface area contributed by atoms with Gasteiger partial charge < -0.3 is 5.73 Å². The van der Waals surface area contributed by atoms with Gasteiger partial charge in [-0.2, -0.15) is 0 Å². The number of likely N-dealkylation sites (N-methyl/N-ethyl adjacent to an activating group) is 1. The molecule has 0 bridgehead atoms. The van der Waals surface area contributed by atoms with Gasteiger partial charge in [-0.1, -0.05) is 28.1 Å². The third kappa shape index (κ3) is 2.47. The summed E-state index contributed by atoms with van der Waals surface area (Å²) in [5.74, 6) is 0. The van der Waals surface area contributed by atoms with E-state index < -0.39 is 0 Å². The van der Waals surface area contributed by atoms with Crippen LogP contribution in [0.4, 0.5) is 0 Å². The van der Waals surface area contributed by atoms with E-state index in [0.29, 0.717) is 12.6 Å². The topological polar surface area (TPSA) is 29.3 Å². The average Bonchev–Trinajstić information content (AvgIpc) is 3.07. The van der Waals surface area contributed by atoms with E-state index >= 15 is 0 Å². The number of halogens is 1. The lowest BCUT2D eigenvalue weighted by Gasteiger charge is -2.27. The fourth-order valence-electron chi connectivity index (χ4n) is 2.15. The molecule has 2 rings (SSSR count). The summed E-state index contributed by atoms with van der Waals surface area (Å²) in [5.41, 5.74) is 8.52. The summed E-state index contributed by atoms with van der Waals surface area (Å²) < 4.78 is 1.17. The monoisotopic (exact) mass is 282 g/mol.